The van der Waals surface area contributed by atoms with Gasteiger partial charge in [0.25, 0.3) is 11.8 Å². The van der Waals surface area contributed by atoms with E-state index < -0.39 is 17.9 Å². The van der Waals surface area contributed by atoms with Gasteiger partial charge in [0.15, 0.2) is 5.82 Å². The lowest BCUT2D eigenvalue weighted by atomic mass is 10.0. The molecule has 0 aliphatic carbocycles. The molecule has 1 heterocycles. The molecule has 9 nitrogen and oxygen atoms in total. The molecule has 3 aromatic carbocycles. The van der Waals surface area contributed by atoms with Crippen molar-refractivity contribution in [2.75, 3.05) is 20.7 Å². The molecule has 45 heavy (non-hydrogen) atoms. The second-order valence-corrected chi connectivity index (χ2v) is 11.1. The van der Waals surface area contributed by atoms with E-state index >= 15 is 0 Å². The van der Waals surface area contributed by atoms with Crippen LogP contribution in [0.2, 0.25) is 0 Å². The molecule has 0 saturated carbocycles. The first-order chi connectivity index (χ1) is 21.7. The van der Waals surface area contributed by atoms with Crippen molar-refractivity contribution in [2.24, 2.45) is 0 Å². The minimum absolute atomic E-state index is 0.0942. The maximum atomic E-state index is 12.7. The lowest BCUT2D eigenvalue weighted by Gasteiger charge is -2.15. The molecule has 4 aromatic rings. The molecule has 1 atom stereocenters. The summed E-state index contributed by atoms with van der Waals surface area (Å²) in [7, 11) is 3.29. The monoisotopic (exact) mass is 608 g/mol. The number of rotatable bonds is 15. The number of nitrogens with one attached hydrogen (secondary N) is 1. The Balaban J connectivity index is 1.32. The van der Waals surface area contributed by atoms with E-state index in [9.17, 15) is 19.5 Å². The molecule has 0 radical (unpaired) electrons. The van der Waals surface area contributed by atoms with Gasteiger partial charge in [0.2, 0.25) is 0 Å². The van der Waals surface area contributed by atoms with E-state index in [0.29, 0.717) is 11.4 Å². The third-order valence-electron chi connectivity index (χ3n) is 7.41. The number of carboxylic acid groups (broad SMARTS) is 1. The van der Waals surface area contributed by atoms with Gasteiger partial charge in [-0.2, -0.15) is 0 Å². The van der Waals surface area contributed by atoms with Gasteiger partial charge in [-0.15, -0.1) is 0 Å². The van der Waals surface area contributed by atoms with Crippen molar-refractivity contribution in [1.29, 1.82) is 0 Å². The van der Waals surface area contributed by atoms with E-state index in [-0.39, 0.29) is 17.9 Å². The number of aromatic nitrogens is 2. The normalized spacial score (nSPS) is 11.4. The molecule has 9 heteroatoms. The molecule has 2 amide bonds. The first kappa shape index (κ1) is 32.9. The van der Waals surface area contributed by atoms with E-state index in [0.717, 1.165) is 41.0 Å². The Bertz CT molecular complexity index is 1550. The lowest BCUT2D eigenvalue weighted by Crippen LogP contribution is -2.42. The van der Waals surface area contributed by atoms with Crippen molar-refractivity contribution in [3.8, 4) is 28.3 Å². The summed E-state index contributed by atoms with van der Waals surface area (Å²) in [6, 6.07) is 20.2. The molecule has 0 spiro atoms. The van der Waals surface area contributed by atoms with E-state index in [1.54, 1.807) is 50.8 Å². The van der Waals surface area contributed by atoms with Gasteiger partial charge >= 0.3 is 5.97 Å². The minimum atomic E-state index is -1.15. The molecule has 2 N–H and O–H groups in total. The second kappa shape index (κ2) is 16.1. The Morgan fingerprint density at radius 1 is 0.778 bits per heavy atom. The summed E-state index contributed by atoms with van der Waals surface area (Å²) in [6.07, 6.45) is 9.66. The molecular weight excluding hydrogens is 568 g/mol. The number of nitrogens with zero attached hydrogens (tertiary/aromatic N) is 3. The van der Waals surface area contributed by atoms with Gasteiger partial charge < -0.3 is 20.1 Å². The molecule has 4 rings (SSSR count). The summed E-state index contributed by atoms with van der Waals surface area (Å²) in [5, 5.41) is 12.3. The van der Waals surface area contributed by atoms with Gasteiger partial charge in [-0.25, -0.2) is 14.8 Å². The summed E-state index contributed by atoms with van der Waals surface area (Å²) < 4.78 is 5.86. The maximum absolute atomic E-state index is 12.7. The third kappa shape index (κ3) is 9.47. The fraction of sp³-hybridized carbons (Fsp3) is 0.306. The van der Waals surface area contributed by atoms with Crippen LogP contribution >= 0.6 is 0 Å². The molecular formula is C36H40N4O5. The van der Waals surface area contributed by atoms with Gasteiger partial charge in [0.05, 0.1) is 6.61 Å². The Labute approximate surface area is 264 Å². The van der Waals surface area contributed by atoms with Crippen LogP contribution in [0.1, 0.15) is 65.3 Å². The van der Waals surface area contributed by atoms with Crippen LogP contribution in [0.15, 0.2) is 85.2 Å². The predicted octanol–water partition coefficient (Wildman–Crippen LogP) is 6.29. The zero-order valence-electron chi connectivity index (χ0n) is 26.0. The number of unbranched alkanes of at least 4 members (excludes halogenated alkanes) is 4. The highest BCUT2D eigenvalue weighted by Crippen LogP contribution is 2.24. The zero-order chi connectivity index (χ0) is 32.2. The fourth-order valence-electron chi connectivity index (χ4n) is 4.76. The number of aliphatic carboxylic acids is 1. The van der Waals surface area contributed by atoms with Crippen LogP contribution in [0.25, 0.3) is 22.5 Å². The summed E-state index contributed by atoms with van der Waals surface area (Å²) in [5.74, 6) is -0.463. The number of carboxylic acids is 1. The highest BCUT2D eigenvalue weighted by molar-refractivity contribution is 5.99. The standard InChI is InChI=1S/C36H40N4O5/c1-4-5-6-7-8-21-45-31-19-17-26(18-20-31)30-23-37-33(38-24-30)27-11-9-25(10-12-27)22-32(36(43)44)39-34(41)28-13-15-29(16-14-28)35(42)40(2)3/h9-20,23-24,32H,4-8,21-22H2,1-3H3,(H,39,41)(H,43,44)/t32-/m0/s1. The quantitative estimate of drug-likeness (QED) is 0.152. The molecule has 1 aromatic heterocycles. The van der Waals surface area contributed by atoms with E-state index in [4.69, 9.17) is 4.74 Å². The molecule has 0 aliphatic heterocycles. The van der Waals surface area contributed by atoms with Crippen LogP contribution in [0, 0.1) is 0 Å². The highest BCUT2D eigenvalue weighted by atomic mass is 16.5. The smallest absolute Gasteiger partial charge is 0.326 e. The van der Waals surface area contributed by atoms with Crippen LogP contribution in [0.3, 0.4) is 0 Å². The predicted molar refractivity (Wildman–Crippen MR) is 174 cm³/mol. The van der Waals surface area contributed by atoms with Crippen LogP contribution in [0.4, 0.5) is 0 Å². The first-order valence-electron chi connectivity index (χ1n) is 15.2. The van der Waals surface area contributed by atoms with Crippen molar-refractivity contribution in [3.05, 3.63) is 102 Å². The fourth-order valence-corrected chi connectivity index (χ4v) is 4.76. The number of carbonyl (C=O) groups is 3. The largest absolute Gasteiger partial charge is 0.494 e. The Kier molecular flexibility index (Phi) is 11.8. The topological polar surface area (TPSA) is 122 Å². The molecule has 0 fully saturated rings. The molecule has 0 unspecified atom stereocenters. The van der Waals surface area contributed by atoms with Crippen LogP contribution < -0.4 is 10.1 Å². The number of carbonyl (C=O) groups excluding carboxylic acids is 2. The van der Waals surface area contributed by atoms with Gasteiger partial charge in [0.1, 0.15) is 11.8 Å². The van der Waals surface area contributed by atoms with Crippen LogP contribution in [-0.2, 0) is 11.2 Å². The number of hydrogen-bond donors (Lipinski definition) is 2. The Morgan fingerprint density at radius 2 is 1.38 bits per heavy atom. The SMILES string of the molecule is CCCCCCCOc1ccc(-c2cnc(-c3ccc(C[C@H](NC(=O)c4ccc(C(=O)N(C)C)cc4)C(=O)O)cc3)nc2)cc1. The summed E-state index contributed by atoms with van der Waals surface area (Å²) in [5.41, 5.74) is 4.11. The van der Waals surface area contributed by atoms with E-state index in [2.05, 4.69) is 22.2 Å². The number of amides is 2. The first-order valence-corrected chi connectivity index (χ1v) is 15.2. The third-order valence-corrected chi connectivity index (χ3v) is 7.41. The average Bonchev–Trinajstić information content (AvgIpc) is 3.06. The van der Waals surface area contributed by atoms with Crippen molar-refractivity contribution < 1.29 is 24.2 Å². The van der Waals surface area contributed by atoms with Crippen molar-refractivity contribution >= 4 is 17.8 Å². The van der Waals surface area contributed by atoms with Gasteiger partial charge in [-0.05, 0) is 53.9 Å². The lowest BCUT2D eigenvalue weighted by molar-refractivity contribution is -0.139. The number of benzene rings is 3. The van der Waals surface area contributed by atoms with Gasteiger partial charge in [-0.1, -0.05) is 69.0 Å². The number of ether oxygens (including phenoxy) is 1. The average molecular weight is 609 g/mol. The van der Waals surface area contributed by atoms with Crippen molar-refractivity contribution in [1.82, 2.24) is 20.2 Å². The van der Waals surface area contributed by atoms with Gasteiger partial charge in [0, 0.05) is 55.2 Å². The summed E-state index contributed by atoms with van der Waals surface area (Å²) >= 11 is 0. The minimum Gasteiger partial charge on any atom is -0.494 e. The number of hydrogen-bond acceptors (Lipinski definition) is 6. The highest BCUT2D eigenvalue weighted by Gasteiger charge is 2.22. The Hall–Kier alpha value is -5.05. The van der Waals surface area contributed by atoms with E-state index in [1.807, 2.05) is 36.4 Å². The summed E-state index contributed by atoms with van der Waals surface area (Å²) in [6.45, 7) is 2.93. The zero-order valence-corrected chi connectivity index (χ0v) is 26.0. The Morgan fingerprint density at radius 3 is 1.98 bits per heavy atom. The van der Waals surface area contributed by atoms with Gasteiger partial charge in [-0.3, -0.25) is 9.59 Å². The van der Waals surface area contributed by atoms with E-state index in [1.165, 1.54) is 42.7 Å². The van der Waals surface area contributed by atoms with Crippen LogP contribution in [-0.4, -0.2) is 64.5 Å². The van der Waals surface area contributed by atoms with Crippen molar-refractivity contribution in [2.45, 2.75) is 51.5 Å². The van der Waals surface area contributed by atoms with Crippen LogP contribution in [0.5, 0.6) is 5.75 Å². The molecule has 0 bridgehead atoms. The second-order valence-electron chi connectivity index (χ2n) is 11.1. The molecule has 0 aliphatic rings. The molecule has 234 valence electrons. The summed E-state index contributed by atoms with van der Waals surface area (Å²) in [4.78, 5) is 47.3. The maximum Gasteiger partial charge on any atom is 0.326 e. The van der Waals surface area contributed by atoms with Crippen molar-refractivity contribution in [3.63, 3.8) is 0 Å². The molecule has 0 saturated heterocycles.